The minimum absolute atomic E-state index is 0. The lowest BCUT2D eigenvalue weighted by Gasteiger charge is -2.08. The number of benzene rings is 1. The van der Waals surface area contributed by atoms with Crippen molar-refractivity contribution in [3.05, 3.63) is 30.1 Å². The third kappa shape index (κ3) is 2.56. The van der Waals surface area contributed by atoms with Crippen molar-refractivity contribution in [3.63, 3.8) is 0 Å². The van der Waals surface area contributed by atoms with E-state index in [1.54, 1.807) is 6.07 Å². The highest BCUT2D eigenvalue weighted by Gasteiger charge is 2.37. The van der Waals surface area contributed by atoms with E-state index < -0.39 is 24.5 Å². The number of aromatic nitrogens is 2. The molecule has 1 aromatic carbocycles. The van der Waals surface area contributed by atoms with Gasteiger partial charge in [0.25, 0.3) is 0 Å². The molecule has 0 amide bonds. The summed E-state index contributed by atoms with van der Waals surface area (Å²) in [6, 6.07) is 5.88. The van der Waals surface area contributed by atoms with Gasteiger partial charge in [0, 0.05) is 0 Å². The Bertz CT molecular complexity index is 580. The molecule has 0 atom stereocenters. The van der Waals surface area contributed by atoms with Crippen LogP contribution in [0.4, 0.5) is 13.2 Å². The Hall–Kier alpha value is -1.76. The molecule has 0 saturated carbocycles. The van der Waals surface area contributed by atoms with Crippen molar-refractivity contribution < 1.29 is 23.1 Å². The third-order valence-electron chi connectivity index (χ3n) is 2.20. The molecule has 0 spiro atoms. The molecule has 0 unspecified atom stereocenters. The number of aliphatic carboxylic acids is 1. The highest BCUT2D eigenvalue weighted by atomic mass is 35.5. The maximum absolute atomic E-state index is 12.7. The first-order valence-corrected chi connectivity index (χ1v) is 4.64. The molecule has 0 saturated heterocycles. The number of carbonyl (C=O) groups is 1. The number of para-hydroxylation sites is 2. The van der Waals surface area contributed by atoms with Crippen LogP contribution in [0, 0.1) is 0 Å². The van der Waals surface area contributed by atoms with Gasteiger partial charge in [-0.2, -0.15) is 13.2 Å². The first-order chi connectivity index (χ1) is 7.89. The summed E-state index contributed by atoms with van der Waals surface area (Å²) < 4.78 is 38.6. The number of carboxylic acid groups (broad SMARTS) is 1. The van der Waals surface area contributed by atoms with Gasteiger partial charge >= 0.3 is 12.1 Å². The molecule has 0 radical (unpaired) electrons. The molecule has 2 aromatic rings. The number of carboxylic acids is 1. The second-order valence-corrected chi connectivity index (χ2v) is 3.40. The molecule has 0 aliphatic rings. The van der Waals surface area contributed by atoms with Crippen molar-refractivity contribution in [3.8, 4) is 0 Å². The van der Waals surface area contributed by atoms with Crippen LogP contribution in [0.25, 0.3) is 11.0 Å². The van der Waals surface area contributed by atoms with E-state index in [1.807, 2.05) is 0 Å². The fourth-order valence-corrected chi connectivity index (χ4v) is 1.59. The largest absolute Gasteiger partial charge is 0.480 e. The molecule has 2 rings (SSSR count). The molecule has 0 bridgehead atoms. The van der Waals surface area contributed by atoms with E-state index in [9.17, 15) is 18.0 Å². The fraction of sp³-hybridized carbons (Fsp3) is 0.200. The van der Waals surface area contributed by atoms with Gasteiger partial charge in [-0.15, -0.1) is 12.4 Å². The fourth-order valence-electron chi connectivity index (χ4n) is 1.59. The topological polar surface area (TPSA) is 55.1 Å². The van der Waals surface area contributed by atoms with Gasteiger partial charge in [-0.05, 0) is 12.1 Å². The van der Waals surface area contributed by atoms with Crippen LogP contribution >= 0.6 is 12.4 Å². The molecule has 8 heteroatoms. The van der Waals surface area contributed by atoms with Gasteiger partial charge in [0.15, 0.2) is 0 Å². The highest BCUT2D eigenvalue weighted by Crippen LogP contribution is 2.31. The molecule has 1 heterocycles. The number of rotatable bonds is 2. The smallest absolute Gasteiger partial charge is 0.449 e. The molecule has 0 aliphatic heterocycles. The van der Waals surface area contributed by atoms with Crippen LogP contribution in [0.5, 0.6) is 0 Å². The molecular formula is C10H8ClF3N2O2. The van der Waals surface area contributed by atoms with E-state index in [-0.39, 0.29) is 23.4 Å². The van der Waals surface area contributed by atoms with Gasteiger partial charge in [0.05, 0.1) is 11.0 Å². The standard InChI is InChI=1S/C10H7F3N2O2.ClH/c11-10(12,13)9-14-6-3-1-2-4-7(6)15(9)5-8(16)17;/h1-4H,5H2,(H,16,17);1H. The van der Waals surface area contributed by atoms with Gasteiger partial charge in [0.1, 0.15) is 6.54 Å². The van der Waals surface area contributed by atoms with Crippen molar-refractivity contribution in [2.75, 3.05) is 0 Å². The van der Waals surface area contributed by atoms with Crippen LogP contribution < -0.4 is 0 Å². The normalized spacial score (nSPS) is 11.3. The summed E-state index contributed by atoms with van der Waals surface area (Å²) >= 11 is 0. The van der Waals surface area contributed by atoms with Gasteiger partial charge in [-0.25, -0.2) is 4.98 Å². The number of imidazole rings is 1. The van der Waals surface area contributed by atoms with Gasteiger partial charge in [-0.1, -0.05) is 12.1 Å². The molecular weight excluding hydrogens is 273 g/mol. The van der Waals surface area contributed by atoms with E-state index in [0.29, 0.717) is 4.57 Å². The van der Waals surface area contributed by atoms with Crippen LogP contribution in [-0.4, -0.2) is 20.6 Å². The van der Waals surface area contributed by atoms with E-state index in [0.717, 1.165) is 0 Å². The summed E-state index contributed by atoms with van der Waals surface area (Å²) in [6.45, 7) is -0.768. The number of nitrogens with zero attached hydrogens (tertiary/aromatic N) is 2. The molecule has 98 valence electrons. The summed E-state index contributed by atoms with van der Waals surface area (Å²) in [7, 11) is 0. The van der Waals surface area contributed by atoms with Crippen LogP contribution in [-0.2, 0) is 17.5 Å². The maximum atomic E-state index is 12.7. The Morgan fingerprint density at radius 2 is 1.94 bits per heavy atom. The second-order valence-electron chi connectivity index (χ2n) is 3.40. The summed E-state index contributed by atoms with van der Waals surface area (Å²) in [5.41, 5.74) is 0.281. The van der Waals surface area contributed by atoms with Gasteiger partial charge in [-0.3, -0.25) is 4.79 Å². The predicted molar refractivity (Wildman–Crippen MR) is 59.6 cm³/mol. The molecule has 18 heavy (non-hydrogen) atoms. The van der Waals surface area contributed by atoms with Crippen LogP contribution in [0.2, 0.25) is 0 Å². The quantitative estimate of drug-likeness (QED) is 0.920. The minimum atomic E-state index is -4.67. The Morgan fingerprint density at radius 1 is 1.33 bits per heavy atom. The minimum Gasteiger partial charge on any atom is -0.480 e. The lowest BCUT2D eigenvalue weighted by atomic mass is 10.3. The van der Waals surface area contributed by atoms with E-state index in [1.165, 1.54) is 18.2 Å². The zero-order valence-corrected chi connectivity index (χ0v) is 9.63. The molecule has 0 fully saturated rings. The predicted octanol–water partition coefficient (Wildman–Crippen LogP) is 2.56. The number of fused-ring (bicyclic) bond motifs is 1. The second kappa shape index (κ2) is 4.85. The zero-order chi connectivity index (χ0) is 12.6. The zero-order valence-electron chi connectivity index (χ0n) is 8.81. The SMILES string of the molecule is Cl.O=C(O)Cn1c(C(F)(F)F)nc2ccccc21. The average Bonchev–Trinajstić information content (AvgIpc) is 2.56. The molecule has 1 aromatic heterocycles. The van der Waals surface area contributed by atoms with E-state index in [4.69, 9.17) is 5.11 Å². The van der Waals surface area contributed by atoms with Gasteiger partial charge in [0.2, 0.25) is 5.82 Å². The van der Waals surface area contributed by atoms with Crippen molar-refractivity contribution >= 4 is 29.4 Å². The maximum Gasteiger partial charge on any atom is 0.449 e. The van der Waals surface area contributed by atoms with Crippen molar-refractivity contribution in [1.29, 1.82) is 0 Å². The summed E-state index contributed by atoms with van der Waals surface area (Å²) in [6.07, 6.45) is -4.67. The Labute approximate surface area is 105 Å². The van der Waals surface area contributed by atoms with Gasteiger partial charge < -0.3 is 9.67 Å². The summed E-state index contributed by atoms with van der Waals surface area (Å²) in [5, 5.41) is 8.62. The summed E-state index contributed by atoms with van der Waals surface area (Å²) in [5.74, 6) is -2.54. The van der Waals surface area contributed by atoms with Crippen molar-refractivity contribution in [2.45, 2.75) is 12.7 Å². The molecule has 4 nitrogen and oxygen atoms in total. The Kier molecular flexibility index (Phi) is 3.85. The monoisotopic (exact) mass is 280 g/mol. The first kappa shape index (κ1) is 14.3. The Balaban J connectivity index is 0.00000162. The summed E-state index contributed by atoms with van der Waals surface area (Å²) in [4.78, 5) is 14.0. The van der Waals surface area contributed by atoms with Crippen LogP contribution in [0.3, 0.4) is 0 Å². The van der Waals surface area contributed by atoms with Crippen molar-refractivity contribution in [1.82, 2.24) is 9.55 Å². The van der Waals surface area contributed by atoms with E-state index >= 15 is 0 Å². The highest BCUT2D eigenvalue weighted by molar-refractivity contribution is 5.85. The third-order valence-corrected chi connectivity index (χ3v) is 2.20. The van der Waals surface area contributed by atoms with Crippen LogP contribution in [0.1, 0.15) is 5.82 Å². The average molecular weight is 281 g/mol. The van der Waals surface area contributed by atoms with Crippen molar-refractivity contribution in [2.24, 2.45) is 0 Å². The lowest BCUT2D eigenvalue weighted by molar-refractivity contribution is -0.148. The molecule has 1 N–H and O–H groups in total. The van der Waals surface area contributed by atoms with E-state index in [2.05, 4.69) is 4.98 Å². The molecule has 0 aliphatic carbocycles. The van der Waals surface area contributed by atoms with Crippen LogP contribution in [0.15, 0.2) is 24.3 Å². The lowest BCUT2D eigenvalue weighted by Crippen LogP contribution is -2.18. The number of hydrogen-bond donors (Lipinski definition) is 1. The first-order valence-electron chi connectivity index (χ1n) is 4.64. The Morgan fingerprint density at radius 3 is 2.50 bits per heavy atom. The number of hydrogen-bond acceptors (Lipinski definition) is 2. The number of alkyl halides is 3. The number of halogens is 4.